The Kier molecular flexibility index (Phi) is 7.47. The molecule has 1 fully saturated rings. The summed E-state index contributed by atoms with van der Waals surface area (Å²) in [6.45, 7) is 4.01. The molecule has 10 heteroatoms. The first-order chi connectivity index (χ1) is 18.7. The summed E-state index contributed by atoms with van der Waals surface area (Å²) >= 11 is 0. The highest BCUT2D eigenvalue weighted by Crippen LogP contribution is 2.32. The Bertz CT molecular complexity index is 1490. The quantitative estimate of drug-likeness (QED) is 0.270. The van der Waals surface area contributed by atoms with Crippen molar-refractivity contribution in [3.63, 3.8) is 0 Å². The van der Waals surface area contributed by atoms with Gasteiger partial charge in [-0.05, 0) is 79.9 Å². The zero-order valence-corrected chi connectivity index (χ0v) is 21.7. The van der Waals surface area contributed by atoms with Gasteiger partial charge >= 0.3 is 6.18 Å². The number of nitrogens with zero attached hydrogens (tertiary/aromatic N) is 5. The third-order valence-corrected chi connectivity index (χ3v) is 6.87. The molecule has 1 saturated heterocycles. The van der Waals surface area contributed by atoms with Crippen molar-refractivity contribution in [1.29, 1.82) is 0 Å². The summed E-state index contributed by atoms with van der Waals surface area (Å²) in [5.41, 5.74) is 3.38. The second-order valence-electron chi connectivity index (χ2n) is 9.78. The van der Waals surface area contributed by atoms with E-state index in [1.165, 1.54) is 0 Å². The predicted octanol–water partition coefficient (Wildman–Crippen LogP) is 5.69. The van der Waals surface area contributed by atoms with Crippen LogP contribution < -0.4 is 4.74 Å². The second kappa shape index (κ2) is 11.0. The van der Waals surface area contributed by atoms with Crippen molar-refractivity contribution in [2.75, 3.05) is 20.2 Å². The molecule has 7 nitrogen and oxygen atoms in total. The van der Waals surface area contributed by atoms with Crippen LogP contribution in [0.1, 0.15) is 45.5 Å². The van der Waals surface area contributed by atoms with Crippen LogP contribution in [0.3, 0.4) is 0 Å². The minimum atomic E-state index is -4.53. The number of rotatable bonds is 8. The van der Waals surface area contributed by atoms with Crippen LogP contribution in [0.15, 0.2) is 61.1 Å². The largest absolute Gasteiger partial charge is 0.495 e. The molecule has 1 aliphatic heterocycles. The van der Waals surface area contributed by atoms with Crippen LogP contribution in [0, 0.1) is 6.92 Å². The lowest BCUT2D eigenvalue weighted by Gasteiger charge is -2.17. The van der Waals surface area contributed by atoms with Crippen LogP contribution in [0.25, 0.3) is 16.9 Å². The van der Waals surface area contributed by atoms with Gasteiger partial charge in [0.1, 0.15) is 11.4 Å². The smallest absolute Gasteiger partial charge is 0.416 e. The maximum absolute atomic E-state index is 13.7. The molecule has 0 atom stereocenters. The van der Waals surface area contributed by atoms with Gasteiger partial charge in [0.2, 0.25) is 0 Å². The van der Waals surface area contributed by atoms with E-state index in [1.807, 2.05) is 19.1 Å². The number of carbonyl (C=O) groups excluding carboxylic acids is 1. The van der Waals surface area contributed by atoms with E-state index in [0.29, 0.717) is 34.8 Å². The first-order valence-corrected chi connectivity index (χ1v) is 12.7. The Hall–Kier alpha value is -4.05. The molecule has 3 heterocycles. The lowest BCUT2D eigenvalue weighted by atomic mass is 9.97. The minimum Gasteiger partial charge on any atom is -0.495 e. The van der Waals surface area contributed by atoms with E-state index in [9.17, 15) is 18.0 Å². The second-order valence-corrected chi connectivity index (χ2v) is 9.78. The van der Waals surface area contributed by atoms with Crippen LogP contribution in [-0.2, 0) is 19.1 Å². The molecule has 1 aliphatic rings. The topological polar surface area (TPSA) is 73.1 Å². The van der Waals surface area contributed by atoms with E-state index in [1.54, 1.807) is 48.6 Å². The Labute approximate surface area is 224 Å². The predicted molar refractivity (Wildman–Crippen MR) is 140 cm³/mol. The Morgan fingerprint density at radius 3 is 2.56 bits per heavy atom. The maximum Gasteiger partial charge on any atom is 0.416 e. The van der Waals surface area contributed by atoms with E-state index in [2.05, 4.69) is 20.2 Å². The number of carbonyl (C=O) groups is 1. The van der Waals surface area contributed by atoms with Crippen LogP contribution in [0.2, 0.25) is 0 Å². The van der Waals surface area contributed by atoms with Crippen molar-refractivity contribution in [2.24, 2.45) is 0 Å². The number of ether oxygens (including phenoxy) is 1. The summed E-state index contributed by atoms with van der Waals surface area (Å²) in [4.78, 5) is 19.5. The van der Waals surface area contributed by atoms with E-state index in [4.69, 9.17) is 4.74 Å². The summed E-state index contributed by atoms with van der Waals surface area (Å²) in [5.74, 6) is 0.220. The van der Waals surface area contributed by atoms with Crippen LogP contribution in [0.4, 0.5) is 13.2 Å². The number of ketones is 1. The van der Waals surface area contributed by atoms with E-state index < -0.39 is 11.7 Å². The van der Waals surface area contributed by atoms with Gasteiger partial charge in [-0.1, -0.05) is 17.3 Å². The molecule has 0 aliphatic carbocycles. The number of hydrogen-bond acceptors (Lipinski definition) is 6. The fraction of sp³-hybridized carbons (Fsp3) is 0.310. The van der Waals surface area contributed by atoms with Crippen molar-refractivity contribution in [3.05, 3.63) is 88.9 Å². The molecular weight excluding hydrogens is 507 g/mol. The van der Waals surface area contributed by atoms with Gasteiger partial charge in [0.25, 0.3) is 0 Å². The number of benzene rings is 2. The monoisotopic (exact) mass is 535 g/mol. The SMILES string of the molecule is COc1cncc(-c2cn(-c3cc(CC(=O)c4cc(CN5CCCC5)cc(C(F)(F)F)c4)ccc3C)nn2)c1. The zero-order chi connectivity index (χ0) is 27.6. The highest BCUT2D eigenvalue weighted by molar-refractivity contribution is 5.98. The summed E-state index contributed by atoms with van der Waals surface area (Å²) in [7, 11) is 1.56. The summed E-state index contributed by atoms with van der Waals surface area (Å²) in [5, 5.41) is 8.48. The molecule has 2 aromatic carbocycles. The van der Waals surface area contributed by atoms with E-state index in [0.717, 1.165) is 49.2 Å². The zero-order valence-electron chi connectivity index (χ0n) is 21.7. The maximum atomic E-state index is 13.7. The van der Waals surface area contributed by atoms with Crippen molar-refractivity contribution < 1.29 is 22.7 Å². The lowest BCUT2D eigenvalue weighted by molar-refractivity contribution is -0.137. The summed E-state index contributed by atoms with van der Waals surface area (Å²) in [6, 6.07) is 11.0. The third-order valence-electron chi connectivity index (χ3n) is 6.87. The molecule has 0 spiro atoms. The standard InChI is InChI=1S/C29H28F3N5O2/c1-19-5-6-20(11-27(19)37-18-26(34-35-37)23-14-25(39-2)16-33-15-23)12-28(38)22-9-21(17-36-7-3-4-8-36)10-24(13-22)29(30,31)32/h5-6,9-11,13-16,18H,3-4,7-8,12,17H2,1-2H3. The number of hydrogen-bond donors (Lipinski definition) is 0. The number of Topliss-reactive ketones (excluding diaryl/α,β-unsaturated/α-hetero) is 1. The molecule has 0 N–H and O–H groups in total. The highest BCUT2D eigenvalue weighted by Gasteiger charge is 2.32. The van der Waals surface area contributed by atoms with Gasteiger partial charge in [-0.2, -0.15) is 13.2 Å². The fourth-order valence-electron chi connectivity index (χ4n) is 4.79. The van der Waals surface area contributed by atoms with Crippen molar-refractivity contribution in [3.8, 4) is 22.7 Å². The van der Waals surface area contributed by atoms with Gasteiger partial charge in [0.05, 0.1) is 30.8 Å². The third kappa shape index (κ3) is 6.17. The molecule has 0 amide bonds. The van der Waals surface area contributed by atoms with E-state index in [-0.39, 0.29) is 17.8 Å². The molecule has 2 aromatic heterocycles. The number of aryl methyl sites for hydroxylation is 1. The Morgan fingerprint density at radius 2 is 1.82 bits per heavy atom. The first kappa shape index (κ1) is 26.6. The van der Waals surface area contributed by atoms with Gasteiger partial charge in [0.15, 0.2) is 5.78 Å². The molecule has 202 valence electrons. The molecular formula is C29H28F3N5O2. The van der Waals surface area contributed by atoms with Crippen LogP contribution in [-0.4, -0.2) is 50.9 Å². The fourth-order valence-corrected chi connectivity index (χ4v) is 4.79. The van der Waals surface area contributed by atoms with Crippen molar-refractivity contribution in [2.45, 2.75) is 38.9 Å². The average Bonchev–Trinajstić information content (AvgIpc) is 3.62. The van der Waals surface area contributed by atoms with Crippen LogP contribution in [0.5, 0.6) is 5.75 Å². The molecule has 0 radical (unpaired) electrons. The number of methoxy groups -OCH3 is 1. The molecule has 0 saturated carbocycles. The lowest BCUT2D eigenvalue weighted by Crippen LogP contribution is -2.19. The number of likely N-dealkylation sites (tertiary alicyclic amines) is 1. The van der Waals surface area contributed by atoms with Gasteiger partial charge in [-0.3, -0.25) is 14.7 Å². The number of pyridine rings is 1. The van der Waals surface area contributed by atoms with Crippen molar-refractivity contribution >= 4 is 5.78 Å². The first-order valence-electron chi connectivity index (χ1n) is 12.7. The highest BCUT2D eigenvalue weighted by atomic mass is 19.4. The normalized spacial score (nSPS) is 14.1. The van der Waals surface area contributed by atoms with E-state index >= 15 is 0 Å². The number of alkyl halides is 3. The molecule has 5 rings (SSSR count). The Balaban J connectivity index is 1.40. The summed E-state index contributed by atoms with van der Waals surface area (Å²) < 4.78 is 47.8. The van der Waals surface area contributed by atoms with Crippen LogP contribution >= 0.6 is 0 Å². The van der Waals surface area contributed by atoms with Crippen molar-refractivity contribution in [1.82, 2.24) is 24.9 Å². The average molecular weight is 536 g/mol. The molecule has 0 bridgehead atoms. The molecule has 39 heavy (non-hydrogen) atoms. The minimum absolute atomic E-state index is 0.0426. The summed E-state index contributed by atoms with van der Waals surface area (Å²) in [6.07, 6.45) is 2.50. The van der Waals surface area contributed by atoms with Gasteiger partial charge < -0.3 is 4.74 Å². The molecule has 0 unspecified atom stereocenters. The van der Waals surface area contributed by atoms with Gasteiger partial charge in [0, 0.05) is 30.3 Å². The van der Waals surface area contributed by atoms with Gasteiger partial charge in [-0.15, -0.1) is 5.10 Å². The molecule has 4 aromatic rings. The number of aromatic nitrogens is 4. The number of halogens is 3. The van der Waals surface area contributed by atoms with Gasteiger partial charge in [-0.25, -0.2) is 4.68 Å². The Morgan fingerprint density at radius 1 is 1.03 bits per heavy atom.